The Hall–Kier alpha value is -2.02. The molecule has 25 heavy (non-hydrogen) atoms. The molecule has 3 heterocycles. The van der Waals surface area contributed by atoms with Gasteiger partial charge in [0.25, 0.3) is 5.89 Å². The molecule has 2 aromatic heterocycles. The zero-order chi connectivity index (χ0) is 17.1. The smallest absolute Gasteiger partial charge is 0.257 e. The zero-order valence-electron chi connectivity index (χ0n) is 14.3. The Kier molecular flexibility index (Phi) is 4.92. The molecule has 1 aliphatic rings. The molecule has 0 aliphatic carbocycles. The van der Waals surface area contributed by atoms with Gasteiger partial charge in [0.1, 0.15) is 0 Å². The van der Waals surface area contributed by atoms with Gasteiger partial charge in [0, 0.05) is 32.7 Å². The average molecular weight is 354 g/mol. The Labute approximate surface area is 151 Å². The maximum absolute atomic E-state index is 5.90. The molecule has 1 aliphatic heterocycles. The van der Waals surface area contributed by atoms with Gasteiger partial charge in [-0.2, -0.15) is 0 Å². The van der Waals surface area contributed by atoms with Gasteiger partial charge >= 0.3 is 0 Å². The molecule has 0 saturated carbocycles. The molecule has 5 nitrogen and oxygen atoms in total. The van der Waals surface area contributed by atoms with Gasteiger partial charge in [-0.3, -0.25) is 9.80 Å². The number of piperazine rings is 1. The molecule has 1 aromatic carbocycles. The quantitative estimate of drug-likeness (QED) is 0.699. The van der Waals surface area contributed by atoms with E-state index in [1.807, 2.05) is 17.5 Å². The van der Waals surface area contributed by atoms with E-state index < -0.39 is 0 Å². The fraction of sp³-hybridized carbons (Fsp3) is 0.368. The summed E-state index contributed by atoms with van der Waals surface area (Å²) in [6.07, 6.45) is 0. The second-order valence-corrected chi connectivity index (χ2v) is 7.34. The SMILES string of the molecule is C[C@H](c1nnc(-c2cccs2)o1)N1CCN(Cc2ccccc2)CC1. The van der Waals surface area contributed by atoms with Crippen molar-refractivity contribution in [3.8, 4) is 10.8 Å². The lowest BCUT2D eigenvalue weighted by atomic mass is 10.2. The number of rotatable bonds is 5. The molecule has 0 radical (unpaired) electrons. The van der Waals surface area contributed by atoms with Gasteiger partial charge in [-0.25, -0.2) is 0 Å². The van der Waals surface area contributed by atoms with E-state index in [1.54, 1.807) is 11.3 Å². The normalized spacial score (nSPS) is 17.6. The molecule has 0 amide bonds. The lowest BCUT2D eigenvalue weighted by molar-refractivity contribution is 0.0876. The van der Waals surface area contributed by atoms with Crippen molar-refractivity contribution < 1.29 is 4.42 Å². The van der Waals surface area contributed by atoms with Crippen molar-refractivity contribution in [2.24, 2.45) is 0 Å². The van der Waals surface area contributed by atoms with Gasteiger partial charge < -0.3 is 4.42 Å². The highest BCUT2D eigenvalue weighted by Gasteiger charge is 2.25. The van der Waals surface area contributed by atoms with Crippen LogP contribution in [-0.2, 0) is 6.54 Å². The summed E-state index contributed by atoms with van der Waals surface area (Å²) in [7, 11) is 0. The van der Waals surface area contributed by atoms with Crippen LogP contribution in [0.15, 0.2) is 52.3 Å². The average Bonchev–Trinajstić information content (AvgIpc) is 3.34. The minimum Gasteiger partial charge on any atom is -0.418 e. The molecule has 0 bridgehead atoms. The molecule has 4 rings (SSSR count). The van der Waals surface area contributed by atoms with E-state index in [0.29, 0.717) is 11.8 Å². The monoisotopic (exact) mass is 354 g/mol. The minimum atomic E-state index is 0.153. The summed E-state index contributed by atoms with van der Waals surface area (Å²) in [5.74, 6) is 1.33. The molecule has 0 unspecified atom stereocenters. The van der Waals surface area contributed by atoms with Crippen molar-refractivity contribution in [3.63, 3.8) is 0 Å². The summed E-state index contributed by atoms with van der Waals surface area (Å²) in [5.41, 5.74) is 1.38. The first kappa shape index (κ1) is 16.4. The molecular weight excluding hydrogens is 332 g/mol. The molecule has 6 heteroatoms. The first-order valence-electron chi connectivity index (χ1n) is 8.67. The van der Waals surface area contributed by atoms with Gasteiger partial charge in [0.05, 0.1) is 10.9 Å². The number of hydrogen-bond donors (Lipinski definition) is 0. The van der Waals surface area contributed by atoms with E-state index in [2.05, 4.69) is 57.3 Å². The summed E-state index contributed by atoms with van der Waals surface area (Å²) in [5, 5.41) is 10.5. The predicted molar refractivity (Wildman–Crippen MR) is 99.3 cm³/mol. The highest BCUT2D eigenvalue weighted by Crippen LogP contribution is 2.27. The van der Waals surface area contributed by atoms with Crippen LogP contribution in [0.25, 0.3) is 10.8 Å². The van der Waals surface area contributed by atoms with Crippen molar-refractivity contribution in [2.75, 3.05) is 26.2 Å². The van der Waals surface area contributed by atoms with E-state index in [0.717, 1.165) is 37.6 Å². The highest BCUT2D eigenvalue weighted by molar-refractivity contribution is 7.13. The van der Waals surface area contributed by atoms with Crippen molar-refractivity contribution in [1.82, 2.24) is 20.0 Å². The topological polar surface area (TPSA) is 45.4 Å². The number of aromatic nitrogens is 2. The van der Waals surface area contributed by atoms with Gasteiger partial charge in [-0.05, 0) is 23.9 Å². The molecule has 1 atom stereocenters. The van der Waals surface area contributed by atoms with E-state index in [-0.39, 0.29) is 6.04 Å². The van der Waals surface area contributed by atoms with Crippen LogP contribution in [0.2, 0.25) is 0 Å². The fourth-order valence-corrected chi connectivity index (χ4v) is 3.85. The van der Waals surface area contributed by atoms with Crippen molar-refractivity contribution in [3.05, 3.63) is 59.3 Å². The van der Waals surface area contributed by atoms with Gasteiger partial charge in [-0.1, -0.05) is 36.4 Å². The van der Waals surface area contributed by atoms with Crippen molar-refractivity contribution in [2.45, 2.75) is 19.5 Å². The van der Waals surface area contributed by atoms with Crippen LogP contribution in [0.3, 0.4) is 0 Å². The molecule has 130 valence electrons. The summed E-state index contributed by atoms with van der Waals surface area (Å²) >= 11 is 1.62. The first-order valence-corrected chi connectivity index (χ1v) is 9.55. The summed E-state index contributed by atoms with van der Waals surface area (Å²) in [4.78, 5) is 5.95. The third-order valence-corrected chi connectivity index (χ3v) is 5.59. The second-order valence-electron chi connectivity index (χ2n) is 6.40. The molecule has 0 spiro atoms. The molecule has 0 N–H and O–H groups in total. The summed E-state index contributed by atoms with van der Waals surface area (Å²) < 4.78 is 5.90. The Bertz CT molecular complexity index is 779. The third kappa shape index (κ3) is 3.81. The number of nitrogens with zero attached hydrogens (tertiary/aromatic N) is 4. The van der Waals surface area contributed by atoms with E-state index >= 15 is 0 Å². The first-order chi connectivity index (χ1) is 12.3. The zero-order valence-corrected chi connectivity index (χ0v) is 15.2. The van der Waals surface area contributed by atoms with Gasteiger partial charge in [0.2, 0.25) is 5.89 Å². The molecule has 1 saturated heterocycles. The maximum atomic E-state index is 5.90. The predicted octanol–water partition coefficient (Wildman–Crippen LogP) is 3.68. The van der Waals surface area contributed by atoms with Crippen LogP contribution in [0.5, 0.6) is 0 Å². The lowest BCUT2D eigenvalue weighted by Gasteiger charge is -2.36. The van der Waals surface area contributed by atoms with E-state index in [1.165, 1.54) is 5.56 Å². The Morgan fingerprint density at radius 1 is 1.04 bits per heavy atom. The van der Waals surface area contributed by atoms with Crippen LogP contribution < -0.4 is 0 Å². The standard InChI is InChI=1S/C19H22N4OS/c1-15(18-20-21-19(24-18)17-8-5-13-25-17)23-11-9-22(10-12-23)14-16-6-3-2-4-7-16/h2-8,13,15H,9-12,14H2,1H3/t15-/m1/s1. The molecule has 3 aromatic rings. The fourth-order valence-electron chi connectivity index (χ4n) is 3.21. The summed E-state index contributed by atoms with van der Waals surface area (Å²) in [6, 6.07) is 14.8. The number of thiophene rings is 1. The third-order valence-electron chi connectivity index (χ3n) is 4.73. The van der Waals surface area contributed by atoms with E-state index in [4.69, 9.17) is 4.42 Å². The second kappa shape index (κ2) is 7.47. The van der Waals surface area contributed by atoms with Gasteiger partial charge in [-0.15, -0.1) is 21.5 Å². The van der Waals surface area contributed by atoms with Crippen LogP contribution in [-0.4, -0.2) is 46.2 Å². The van der Waals surface area contributed by atoms with Crippen molar-refractivity contribution >= 4 is 11.3 Å². The number of hydrogen-bond acceptors (Lipinski definition) is 6. The Morgan fingerprint density at radius 3 is 2.56 bits per heavy atom. The van der Waals surface area contributed by atoms with Crippen LogP contribution >= 0.6 is 11.3 Å². The highest BCUT2D eigenvalue weighted by atomic mass is 32.1. The van der Waals surface area contributed by atoms with Crippen LogP contribution in [0.4, 0.5) is 0 Å². The van der Waals surface area contributed by atoms with Crippen LogP contribution in [0.1, 0.15) is 24.4 Å². The molecule has 1 fully saturated rings. The summed E-state index contributed by atoms with van der Waals surface area (Å²) in [6.45, 7) is 7.33. The Morgan fingerprint density at radius 2 is 1.84 bits per heavy atom. The van der Waals surface area contributed by atoms with Crippen LogP contribution in [0, 0.1) is 0 Å². The van der Waals surface area contributed by atoms with Gasteiger partial charge in [0.15, 0.2) is 0 Å². The lowest BCUT2D eigenvalue weighted by Crippen LogP contribution is -2.46. The largest absolute Gasteiger partial charge is 0.418 e. The molecular formula is C19H22N4OS. The van der Waals surface area contributed by atoms with Crippen molar-refractivity contribution in [1.29, 1.82) is 0 Å². The number of benzene rings is 1. The minimum absolute atomic E-state index is 0.153. The maximum Gasteiger partial charge on any atom is 0.257 e. The van der Waals surface area contributed by atoms with E-state index in [9.17, 15) is 0 Å². The Balaban J connectivity index is 1.34.